The first kappa shape index (κ1) is 14.7. The lowest BCUT2D eigenvalue weighted by atomic mass is 10.0. The van der Waals surface area contributed by atoms with Gasteiger partial charge in [-0.1, -0.05) is 6.42 Å². The van der Waals surface area contributed by atoms with Crippen molar-refractivity contribution in [2.45, 2.75) is 38.4 Å². The van der Waals surface area contributed by atoms with Crippen LogP contribution in [-0.2, 0) is 17.8 Å². The third-order valence-electron chi connectivity index (χ3n) is 4.03. The van der Waals surface area contributed by atoms with E-state index in [2.05, 4.69) is 24.8 Å². The number of thiazole rings is 1. The highest BCUT2D eigenvalue weighted by Gasteiger charge is 2.26. The summed E-state index contributed by atoms with van der Waals surface area (Å²) in [5.74, 6) is 1.12. The molecule has 0 aliphatic carbocycles. The van der Waals surface area contributed by atoms with Crippen molar-refractivity contribution in [1.29, 1.82) is 0 Å². The van der Waals surface area contributed by atoms with Crippen LogP contribution in [0.4, 0.5) is 0 Å². The minimum absolute atomic E-state index is 0.450. The van der Waals surface area contributed by atoms with E-state index in [0.29, 0.717) is 6.04 Å². The van der Waals surface area contributed by atoms with Gasteiger partial charge in [0.25, 0.3) is 0 Å². The molecule has 2 aromatic heterocycles. The molecule has 1 atom stereocenters. The normalized spacial score (nSPS) is 20.0. The van der Waals surface area contributed by atoms with Gasteiger partial charge in [-0.3, -0.25) is 4.90 Å². The molecule has 2 aromatic rings. The average molecular weight is 306 g/mol. The van der Waals surface area contributed by atoms with Crippen LogP contribution < -0.4 is 0 Å². The monoisotopic (exact) mass is 306 g/mol. The van der Waals surface area contributed by atoms with Crippen LogP contribution in [0.1, 0.15) is 36.1 Å². The molecule has 1 saturated heterocycles. The molecule has 0 spiro atoms. The third-order valence-corrected chi connectivity index (χ3v) is 4.91. The molecule has 3 rings (SSSR count). The van der Waals surface area contributed by atoms with Crippen LogP contribution in [0.25, 0.3) is 0 Å². The topological polar surface area (TPSA) is 43.2 Å². The van der Waals surface area contributed by atoms with Crippen molar-refractivity contribution in [1.82, 2.24) is 19.4 Å². The lowest BCUT2D eigenvalue weighted by Gasteiger charge is -2.34. The molecular weight excluding hydrogens is 284 g/mol. The first-order valence-corrected chi connectivity index (χ1v) is 8.39. The van der Waals surface area contributed by atoms with E-state index in [9.17, 15) is 0 Å². The van der Waals surface area contributed by atoms with Crippen LogP contribution >= 0.6 is 11.3 Å². The molecule has 0 saturated carbocycles. The van der Waals surface area contributed by atoms with Crippen LogP contribution in [0.15, 0.2) is 24.0 Å². The van der Waals surface area contributed by atoms with Crippen molar-refractivity contribution < 1.29 is 4.74 Å². The molecule has 21 heavy (non-hydrogen) atoms. The third kappa shape index (κ3) is 3.51. The molecule has 5 nitrogen and oxygen atoms in total. The lowest BCUT2D eigenvalue weighted by Crippen LogP contribution is -2.34. The maximum absolute atomic E-state index is 5.17. The van der Waals surface area contributed by atoms with Crippen LogP contribution in [0.3, 0.4) is 0 Å². The molecule has 1 aliphatic rings. The Bertz CT molecular complexity index is 540. The number of aromatic nitrogens is 3. The van der Waals surface area contributed by atoms with Crippen molar-refractivity contribution in [3.05, 3.63) is 34.8 Å². The summed E-state index contributed by atoms with van der Waals surface area (Å²) in [7, 11) is 1.74. The second-order valence-corrected chi connectivity index (χ2v) is 6.31. The average Bonchev–Trinajstić information content (AvgIpc) is 3.17. The summed E-state index contributed by atoms with van der Waals surface area (Å²) in [6.45, 7) is 3.60. The van der Waals surface area contributed by atoms with Crippen molar-refractivity contribution >= 4 is 11.3 Å². The van der Waals surface area contributed by atoms with Gasteiger partial charge in [-0.2, -0.15) is 0 Å². The number of imidazole rings is 1. The number of hydrogen-bond donors (Lipinski definition) is 0. The Kier molecular flexibility index (Phi) is 5.00. The molecule has 1 aliphatic heterocycles. The number of likely N-dealkylation sites (tertiary alicyclic amines) is 1. The van der Waals surface area contributed by atoms with E-state index < -0.39 is 0 Å². The van der Waals surface area contributed by atoms with E-state index in [0.717, 1.165) is 32.1 Å². The summed E-state index contributed by atoms with van der Waals surface area (Å²) in [6.07, 6.45) is 9.59. The standard InChI is InChI=1S/C15H22N4OS/c1-20-10-9-18-8-5-16-14(18)12-19-7-3-2-4-13(19)15-17-6-11-21-15/h5-6,8,11,13H,2-4,7,9-10,12H2,1H3/t13-/m0/s1. The molecule has 6 heteroatoms. The largest absolute Gasteiger partial charge is 0.383 e. The molecular formula is C15H22N4OS. The Morgan fingerprint density at radius 1 is 1.33 bits per heavy atom. The predicted molar refractivity (Wildman–Crippen MR) is 83.2 cm³/mol. The highest BCUT2D eigenvalue weighted by Crippen LogP contribution is 2.32. The second kappa shape index (κ2) is 7.15. The van der Waals surface area contributed by atoms with Crippen LogP contribution in [0, 0.1) is 0 Å². The Labute approximate surface area is 129 Å². The summed E-state index contributed by atoms with van der Waals surface area (Å²) >= 11 is 1.76. The van der Waals surface area contributed by atoms with Gasteiger partial charge in [0.2, 0.25) is 0 Å². The fourth-order valence-electron chi connectivity index (χ4n) is 2.93. The van der Waals surface area contributed by atoms with Crippen molar-refractivity contribution in [3.8, 4) is 0 Å². The van der Waals surface area contributed by atoms with Gasteiger partial charge in [0.15, 0.2) is 0 Å². The number of methoxy groups -OCH3 is 1. The van der Waals surface area contributed by atoms with E-state index in [4.69, 9.17) is 4.74 Å². The van der Waals surface area contributed by atoms with E-state index in [1.165, 1.54) is 24.3 Å². The molecule has 0 bridgehead atoms. The van der Waals surface area contributed by atoms with Gasteiger partial charge in [0, 0.05) is 37.6 Å². The molecule has 0 N–H and O–H groups in total. The van der Waals surface area contributed by atoms with E-state index in [1.807, 2.05) is 18.6 Å². The summed E-state index contributed by atoms with van der Waals surface area (Å²) in [5, 5.41) is 3.31. The van der Waals surface area contributed by atoms with E-state index >= 15 is 0 Å². The van der Waals surface area contributed by atoms with Gasteiger partial charge >= 0.3 is 0 Å². The molecule has 0 aromatic carbocycles. The van der Waals surface area contributed by atoms with Gasteiger partial charge in [-0.25, -0.2) is 9.97 Å². The number of hydrogen-bond acceptors (Lipinski definition) is 5. The number of ether oxygens (including phenoxy) is 1. The Morgan fingerprint density at radius 2 is 2.29 bits per heavy atom. The van der Waals surface area contributed by atoms with Crippen LogP contribution in [0.2, 0.25) is 0 Å². The highest BCUT2D eigenvalue weighted by atomic mass is 32.1. The molecule has 0 radical (unpaired) electrons. The highest BCUT2D eigenvalue weighted by molar-refractivity contribution is 7.09. The summed E-state index contributed by atoms with van der Waals surface area (Å²) in [5.41, 5.74) is 0. The Morgan fingerprint density at radius 3 is 3.10 bits per heavy atom. The Hall–Kier alpha value is -1.24. The van der Waals surface area contributed by atoms with Crippen LogP contribution in [0.5, 0.6) is 0 Å². The zero-order chi connectivity index (χ0) is 14.5. The zero-order valence-corrected chi connectivity index (χ0v) is 13.3. The first-order chi connectivity index (χ1) is 10.4. The minimum Gasteiger partial charge on any atom is -0.383 e. The molecule has 3 heterocycles. The van der Waals surface area contributed by atoms with E-state index in [1.54, 1.807) is 18.4 Å². The van der Waals surface area contributed by atoms with Gasteiger partial charge in [0.05, 0.1) is 19.2 Å². The summed E-state index contributed by atoms with van der Waals surface area (Å²) in [4.78, 5) is 11.6. The number of piperidine rings is 1. The van der Waals surface area contributed by atoms with Gasteiger partial charge in [-0.05, 0) is 19.4 Å². The first-order valence-electron chi connectivity index (χ1n) is 7.51. The SMILES string of the molecule is COCCn1ccnc1CN1CCCC[C@H]1c1nccs1. The van der Waals surface area contributed by atoms with Crippen molar-refractivity contribution in [3.63, 3.8) is 0 Å². The fraction of sp³-hybridized carbons (Fsp3) is 0.600. The zero-order valence-electron chi connectivity index (χ0n) is 12.4. The molecule has 1 fully saturated rings. The maximum atomic E-state index is 5.17. The number of rotatable bonds is 6. The molecule has 0 unspecified atom stereocenters. The molecule has 114 valence electrons. The molecule has 0 amide bonds. The quantitative estimate of drug-likeness (QED) is 0.823. The van der Waals surface area contributed by atoms with Crippen LogP contribution in [-0.4, -0.2) is 39.7 Å². The number of nitrogens with zero attached hydrogens (tertiary/aromatic N) is 4. The second-order valence-electron chi connectivity index (χ2n) is 5.38. The van der Waals surface area contributed by atoms with E-state index in [-0.39, 0.29) is 0 Å². The van der Waals surface area contributed by atoms with Gasteiger partial charge in [-0.15, -0.1) is 11.3 Å². The van der Waals surface area contributed by atoms with Gasteiger partial charge < -0.3 is 9.30 Å². The van der Waals surface area contributed by atoms with Crippen molar-refractivity contribution in [2.24, 2.45) is 0 Å². The lowest BCUT2D eigenvalue weighted by molar-refractivity contribution is 0.132. The van der Waals surface area contributed by atoms with Gasteiger partial charge in [0.1, 0.15) is 10.8 Å². The predicted octanol–water partition coefficient (Wildman–Crippen LogP) is 2.71. The summed E-state index contributed by atoms with van der Waals surface area (Å²) in [6, 6.07) is 0.450. The fourth-order valence-corrected chi connectivity index (χ4v) is 3.73. The maximum Gasteiger partial charge on any atom is 0.122 e. The van der Waals surface area contributed by atoms with Crippen molar-refractivity contribution in [2.75, 3.05) is 20.3 Å². The smallest absolute Gasteiger partial charge is 0.122 e. The minimum atomic E-state index is 0.450. The Balaban J connectivity index is 1.71. The summed E-state index contributed by atoms with van der Waals surface area (Å²) < 4.78 is 7.36.